The predicted molar refractivity (Wildman–Crippen MR) is 89.9 cm³/mol. The number of carbonyl (C=O) groups excluding carboxylic acids is 2. The minimum absolute atomic E-state index is 0.299. The van der Waals surface area contributed by atoms with Gasteiger partial charge in [-0.1, -0.05) is 11.3 Å². The van der Waals surface area contributed by atoms with E-state index in [9.17, 15) is 9.59 Å². The summed E-state index contributed by atoms with van der Waals surface area (Å²) in [5.41, 5.74) is 1.69. The molecular formula is C16H16N4O3S. The van der Waals surface area contributed by atoms with Gasteiger partial charge in [0.2, 0.25) is 0 Å². The number of fused-ring (bicyclic) bond motifs is 1. The van der Waals surface area contributed by atoms with Crippen molar-refractivity contribution in [1.29, 1.82) is 0 Å². The Morgan fingerprint density at radius 2 is 2.12 bits per heavy atom. The highest BCUT2D eigenvalue weighted by molar-refractivity contribution is 7.16. The Morgan fingerprint density at radius 1 is 1.33 bits per heavy atom. The number of methoxy groups -OCH3 is 1. The summed E-state index contributed by atoms with van der Waals surface area (Å²) in [6, 6.07) is 6.93. The number of aryl methyl sites for hydroxylation is 2. The number of thiazole rings is 1. The molecular weight excluding hydrogens is 328 g/mol. The van der Waals surface area contributed by atoms with Gasteiger partial charge in [0.25, 0.3) is 5.91 Å². The van der Waals surface area contributed by atoms with Crippen molar-refractivity contribution in [1.82, 2.24) is 14.3 Å². The van der Waals surface area contributed by atoms with Crippen molar-refractivity contribution >= 4 is 33.4 Å². The number of aromatic nitrogens is 3. The van der Waals surface area contributed by atoms with E-state index in [4.69, 9.17) is 4.74 Å². The van der Waals surface area contributed by atoms with Gasteiger partial charge in [-0.25, -0.2) is 4.79 Å². The second-order valence-corrected chi connectivity index (χ2v) is 6.10. The molecule has 0 aliphatic carbocycles. The molecule has 124 valence electrons. The monoisotopic (exact) mass is 344 g/mol. The third-order valence-electron chi connectivity index (χ3n) is 3.55. The summed E-state index contributed by atoms with van der Waals surface area (Å²) >= 11 is 1.35. The first-order valence-corrected chi connectivity index (χ1v) is 8.15. The maximum Gasteiger partial charge on any atom is 0.337 e. The second kappa shape index (κ2) is 6.40. The van der Waals surface area contributed by atoms with Gasteiger partial charge in [-0.2, -0.15) is 10.1 Å². The molecule has 8 heteroatoms. The minimum atomic E-state index is -0.392. The van der Waals surface area contributed by atoms with E-state index in [-0.39, 0.29) is 0 Å². The zero-order valence-corrected chi connectivity index (χ0v) is 14.3. The number of benzene rings is 1. The summed E-state index contributed by atoms with van der Waals surface area (Å²) in [4.78, 5) is 28.7. The van der Waals surface area contributed by atoms with Gasteiger partial charge >= 0.3 is 5.97 Å². The van der Waals surface area contributed by atoms with Gasteiger partial charge in [0, 0.05) is 19.8 Å². The zero-order valence-electron chi connectivity index (χ0n) is 13.5. The predicted octanol–water partition coefficient (Wildman–Crippen LogP) is 1.98. The van der Waals surface area contributed by atoms with Gasteiger partial charge < -0.3 is 9.30 Å². The fourth-order valence-corrected chi connectivity index (χ4v) is 3.51. The third-order valence-corrected chi connectivity index (χ3v) is 4.59. The van der Waals surface area contributed by atoms with Gasteiger partial charge in [0.1, 0.15) is 0 Å². The van der Waals surface area contributed by atoms with Crippen molar-refractivity contribution in [2.75, 3.05) is 7.11 Å². The molecule has 0 fully saturated rings. The molecule has 24 heavy (non-hydrogen) atoms. The molecule has 3 rings (SSSR count). The van der Waals surface area contributed by atoms with Crippen LogP contribution in [0.3, 0.4) is 0 Å². The van der Waals surface area contributed by atoms with Crippen molar-refractivity contribution in [3.8, 4) is 0 Å². The van der Waals surface area contributed by atoms with E-state index in [1.165, 1.54) is 18.4 Å². The van der Waals surface area contributed by atoms with Crippen molar-refractivity contribution < 1.29 is 14.3 Å². The van der Waals surface area contributed by atoms with Crippen LogP contribution in [0.15, 0.2) is 35.5 Å². The molecule has 0 spiro atoms. The summed E-state index contributed by atoms with van der Waals surface area (Å²) < 4.78 is 9.10. The van der Waals surface area contributed by atoms with E-state index in [0.717, 1.165) is 10.2 Å². The van der Waals surface area contributed by atoms with Crippen LogP contribution in [0.25, 0.3) is 10.2 Å². The highest BCUT2D eigenvalue weighted by atomic mass is 32.1. The molecule has 0 radical (unpaired) electrons. The van der Waals surface area contributed by atoms with E-state index in [1.807, 2.05) is 17.6 Å². The lowest BCUT2D eigenvalue weighted by molar-refractivity contribution is 0.0601. The van der Waals surface area contributed by atoms with Crippen LogP contribution in [-0.4, -0.2) is 33.3 Å². The number of ether oxygens (including phenoxy) is 1. The third kappa shape index (κ3) is 2.88. The molecule has 2 heterocycles. The molecule has 3 aromatic rings. The molecule has 2 aromatic heterocycles. The van der Waals surface area contributed by atoms with Crippen LogP contribution < -0.4 is 4.80 Å². The Morgan fingerprint density at radius 3 is 2.75 bits per heavy atom. The molecule has 0 N–H and O–H groups in total. The lowest BCUT2D eigenvalue weighted by Crippen LogP contribution is -2.16. The molecule has 0 atom stereocenters. The molecule has 0 aliphatic rings. The molecule has 0 unspecified atom stereocenters. The van der Waals surface area contributed by atoms with Crippen molar-refractivity contribution in [2.24, 2.45) is 12.0 Å². The second-order valence-electron chi connectivity index (χ2n) is 5.09. The molecule has 0 bridgehead atoms. The zero-order chi connectivity index (χ0) is 17.3. The van der Waals surface area contributed by atoms with Crippen LogP contribution in [0.2, 0.25) is 0 Å². The largest absolute Gasteiger partial charge is 0.465 e. The number of carbonyl (C=O) groups is 2. The van der Waals surface area contributed by atoms with Gasteiger partial charge in [-0.3, -0.25) is 9.48 Å². The van der Waals surface area contributed by atoms with Gasteiger partial charge in [-0.15, -0.1) is 0 Å². The summed E-state index contributed by atoms with van der Waals surface area (Å²) in [6.07, 6.45) is 1.70. The van der Waals surface area contributed by atoms with Crippen LogP contribution >= 0.6 is 11.3 Å². The van der Waals surface area contributed by atoms with Crippen molar-refractivity contribution in [2.45, 2.75) is 13.5 Å². The van der Waals surface area contributed by atoms with Crippen LogP contribution in [0, 0.1) is 0 Å². The first kappa shape index (κ1) is 16.1. The Kier molecular flexibility index (Phi) is 4.30. The van der Waals surface area contributed by atoms with Crippen LogP contribution in [0.1, 0.15) is 27.8 Å². The number of esters is 1. The Labute approximate surface area is 141 Å². The SMILES string of the molecule is CCn1c(=NC(=O)c2ccn(C)n2)sc2cc(C(=O)OC)ccc21. The Hall–Kier alpha value is -2.74. The first-order valence-electron chi connectivity index (χ1n) is 7.34. The normalized spacial score (nSPS) is 11.9. The van der Waals surface area contributed by atoms with Crippen LogP contribution in [-0.2, 0) is 18.3 Å². The van der Waals surface area contributed by atoms with Gasteiger partial charge in [-0.05, 0) is 31.2 Å². The van der Waals surface area contributed by atoms with Crippen molar-refractivity contribution in [3.05, 3.63) is 46.5 Å². The fourth-order valence-electron chi connectivity index (χ4n) is 2.38. The fraction of sp³-hybridized carbons (Fsp3) is 0.250. The average molecular weight is 344 g/mol. The molecule has 1 amide bonds. The molecule has 0 saturated heterocycles. The topological polar surface area (TPSA) is 78.5 Å². The molecule has 1 aromatic carbocycles. The lowest BCUT2D eigenvalue weighted by Gasteiger charge is -2.01. The van der Waals surface area contributed by atoms with Crippen LogP contribution in [0.5, 0.6) is 0 Å². The van der Waals surface area contributed by atoms with Crippen LogP contribution in [0.4, 0.5) is 0 Å². The molecule has 7 nitrogen and oxygen atoms in total. The van der Waals surface area contributed by atoms with E-state index < -0.39 is 11.9 Å². The number of amides is 1. The molecule has 0 aliphatic heterocycles. The van der Waals surface area contributed by atoms with E-state index >= 15 is 0 Å². The number of hydrogen-bond donors (Lipinski definition) is 0. The first-order chi connectivity index (χ1) is 11.5. The summed E-state index contributed by atoms with van der Waals surface area (Å²) in [5.74, 6) is -0.783. The standard InChI is InChI=1S/C16H16N4O3S/c1-4-20-12-6-5-10(15(22)23-3)9-13(12)24-16(20)17-14(21)11-7-8-19(2)18-11/h5-9H,4H2,1-3H3. The quantitative estimate of drug-likeness (QED) is 0.681. The maximum absolute atomic E-state index is 12.3. The molecule has 0 saturated carbocycles. The van der Waals surface area contributed by atoms with Gasteiger partial charge in [0.15, 0.2) is 10.5 Å². The summed E-state index contributed by atoms with van der Waals surface area (Å²) in [5, 5.41) is 4.07. The smallest absolute Gasteiger partial charge is 0.337 e. The highest BCUT2D eigenvalue weighted by Crippen LogP contribution is 2.20. The summed E-state index contributed by atoms with van der Waals surface area (Å²) in [7, 11) is 3.09. The number of hydrogen-bond acceptors (Lipinski definition) is 5. The average Bonchev–Trinajstić information content (AvgIpc) is 3.16. The number of rotatable bonds is 3. The van der Waals surface area contributed by atoms with Crippen molar-refractivity contribution in [3.63, 3.8) is 0 Å². The van der Waals surface area contributed by atoms with E-state index in [2.05, 4.69) is 10.1 Å². The van der Waals surface area contributed by atoms with E-state index in [1.54, 1.807) is 36.1 Å². The Balaban J connectivity index is 2.11. The highest BCUT2D eigenvalue weighted by Gasteiger charge is 2.12. The summed E-state index contributed by atoms with van der Waals surface area (Å²) in [6.45, 7) is 2.64. The lowest BCUT2D eigenvalue weighted by atomic mass is 10.2. The van der Waals surface area contributed by atoms with Gasteiger partial charge in [0.05, 0.1) is 22.9 Å². The minimum Gasteiger partial charge on any atom is -0.465 e. The van der Waals surface area contributed by atoms with E-state index in [0.29, 0.717) is 22.6 Å². The Bertz CT molecular complexity index is 996. The maximum atomic E-state index is 12.3. The number of nitrogens with zero attached hydrogens (tertiary/aromatic N) is 4.